The predicted octanol–water partition coefficient (Wildman–Crippen LogP) is 0.508. The molecule has 1 atom stereocenters. The van der Waals surface area contributed by atoms with Gasteiger partial charge in [0.2, 0.25) is 24.1 Å². The van der Waals surface area contributed by atoms with Crippen LogP contribution >= 0.6 is 0 Å². The van der Waals surface area contributed by atoms with Gasteiger partial charge in [-0.05, 0) is 52.1 Å². The van der Waals surface area contributed by atoms with Crippen molar-refractivity contribution < 1.29 is 48.9 Å². The molecule has 0 aromatic heterocycles. The minimum Gasteiger partial charge on any atom is -0.483 e. The van der Waals surface area contributed by atoms with E-state index in [1.807, 2.05) is 18.9 Å². The number of likely N-dealkylation sites (tertiary alicyclic amines) is 1. The molecule has 4 amide bonds. The van der Waals surface area contributed by atoms with E-state index in [0.717, 1.165) is 65.0 Å². The SMILES string of the molecule is CC(C)CCC=O.CCC(=O)O.CCCCC(=O)NCC.CN1CCCC1C(=O)NCC(N)=O.CO.NC=O.O=CO. The van der Waals surface area contributed by atoms with E-state index in [9.17, 15) is 24.0 Å². The number of carboxylic acid groups (broad SMARTS) is 2. The van der Waals surface area contributed by atoms with E-state index in [4.69, 9.17) is 30.6 Å². The van der Waals surface area contributed by atoms with E-state index >= 15 is 0 Å². The van der Waals surface area contributed by atoms with Gasteiger partial charge in [0.05, 0.1) is 12.6 Å². The molecule has 0 bridgehead atoms. The van der Waals surface area contributed by atoms with E-state index < -0.39 is 11.9 Å². The summed E-state index contributed by atoms with van der Waals surface area (Å²) in [6, 6.07) is -0.0839. The minimum atomic E-state index is -0.745. The fourth-order valence-corrected chi connectivity index (χ4v) is 2.56. The van der Waals surface area contributed by atoms with Crippen molar-refractivity contribution in [3.63, 3.8) is 0 Å². The minimum absolute atomic E-state index is 0.0663. The molecule has 1 unspecified atom stereocenters. The fourth-order valence-electron chi connectivity index (χ4n) is 2.56. The highest BCUT2D eigenvalue weighted by atomic mass is 16.4. The summed E-state index contributed by atoms with van der Waals surface area (Å²) < 4.78 is 0. The summed E-state index contributed by atoms with van der Waals surface area (Å²) in [4.78, 5) is 70.5. The van der Waals surface area contributed by atoms with Crippen LogP contribution in [0.25, 0.3) is 0 Å². The van der Waals surface area contributed by atoms with Crippen molar-refractivity contribution in [3.05, 3.63) is 0 Å². The number of aldehydes is 1. The molecule has 0 saturated carbocycles. The van der Waals surface area contributed by atoms with Gasteiger partial charge in [-0.3, -0.25) is 33.7 Å². The highest BCUT2D eigenvalue weighted by Crippen LogP contribution is 2.14. The van der Waals surface area contributed by atoms with E-state index in [1.165, 1.54) is 0 Å². The van der Waals surface area contributed by atoms with Crippen molar-refractivity contribution in [2.45, 2.75) is 92.0 Å². The molecule has 1 rings (SSSR count). The largest absolute Gasteiger partial charge is 0.483 e. The second-order valence-electron chi connectivity index (χ2n) is 8.51. The molecule has 1 aliphatic rings. The number of aliphatic hydroxyl groups excluding tert-OH is 1. The molecule has 1 saturated heterocycles. The molecule has 1 aliphatic heterocycles. The second kappa shape index (κ2) is 44.4. The van der Waals surface area contributed by atoms with Crippen LogP contribution in [-0.4, -0.2) is 103 Å². The molecule has 9 N–H and O–H groups in total. The monoisotopic (exact) mass is 611 g/mol. The van der Waals surface area contributed by atoms with E-state index in [0.29, 0.717) is 12.3 Å². The van der Waals surface area contributed by atoms with E-state index in [-0.39, 0.29) is 43.7 Å². The Kier molecular flexibility index (Phi) is 54.1. The Morgan fingerprint density at radius 1 is 1.05 bits per heavy atom. The van der Waals surface area contributed by atoms with Crippen LogP contribution in [0.2, 0.25) is 0 Å². The number of hydrogen-bond acceptors (Lipinski definition) is 9. The van der Waals surface area contributed by atoms with Crippen molar-refractivity contribution in [1.82, 2.24) is 15.5 Å². The van der Waals surface area contributed by atoms with Crippen LogP contribution in [0.15, 0.2) is 0 Å². The molecular weight excluding hydrogens is 554 g/mol. The van der Waals surface area contributed by atoms with Gasteiger partial charge < -0.3 is 42.2 Å². The Hall–Kier alpha value is -3.59. The Balaban J connectivity index is -0.0000000988. The maximum Gasteiger partial charge on any atom is 0.303 e. The van der Waals surface area contributed by atoms with Gasteiger partial charge in [0.15, 0.2) is 0 Å². The van der Waals surface area contributed by atoms with Crippen LogP contribution in [0.4, 0.5) is 0 Å². The number of nitrogens with two attached hydrogens (primary N) is 2. The molecule has 15 nitrogen and oxygen atoms in total. The van der Waals surface area contributed by atoms with E-state index in [1.54, 1.807) is 6.92 Å². The van der Waals surface area contributed by atoms with Crippen LogP contribution < -0.4 is 22.1 Å². The number of aliphatic hydroxyl groups is 1. The lowest BCUT2D eigenvalue weighted by atomic mass is 10.1. The van der Waals surface area contributed by atoms with Crippen molar-refractivity contribution in [1.29, 1.82) is 0 Å². The lowest BCUT2D eigenvalue weighted by Crippen LogP contribution is -2.44. The number of amides is 4. The van der Waals surface area contributed by atoms with Gasteiger partial charge in [-0.25, -0.2) is 0 Å². The molecule has 42 heavy (non-hydrogen) atoms. The number of carbonyl (C=O) groups excluding carboxylic acids is 5. The summed E-state index contributed by atoms with van der Waals surface area (Å²) in [5.74, 6) is -0.498. The first-order valence-corrected chi connectivity index (χ1v) is 13.7. The number of carbonyl (C=O) groups is 7. The number of nitrogens with one attached hydrogen (secondary N) is 2. The van der Waals surface area contributed by atoms with E-state index in [2.05, 4.69) is 37.1 Å². The topological polar surface area (TPSA) is 260 Å². The predicted molar refractivity (Wildman–Crippen MR) is 161 cm³/mol. The molecule has 0 radical (unpaired) electrons. The molecule has 0 spiro atoms. The Labute approximate surface area is 250 Å². The van der Waals surface area contributed by atoms with Crippen LogP contribution in [-0.2, 0) is 33.6 Å². The summed E-state index contributed by atoms with van der Waals surface area (Å²) in [5.41, 5.74) is 9.07. The number of primary amides is 2. The summed E-state index contributed by atoms with van der Waals surface area (Å²) in [6.45, 7) is 11.2. The molecular formula is C27H57N5O10. The zero-order valence-corrected chi connectivity index (χ0v) is 26.5. The summed E-state index contributed by atoms with van der Waals surface area (Å²) >= 11 is 0. The zero-order chi connectivity index (χ0) is 34.4. The third-order valence-electron chi connectivity index (χ3n) is 4.56. The van der Waals surface area contributed by atoms with Crippen molar-refractivity contribution >= 4 is 42.9 Å². The Morgan fingerprint density at radius 2 is 1.52 bits per heavy atom. The van der Waals surface area contributed by atoms with Crippen LogP contribution in [0.1, 0.15) is 86.0 Å². The number of aliphatic carboxylic acids is 1. The van der Waals surface area contributed by atoms with Crippen LogP contribution in [0.5, 0.6) is 0 Å². The summed E-state index contributed by atoms with van der Waals surface area (Å²) in [5, 5.41) is 26.9. The molecule has 15 heteroatoms. The number of carboxylic acids is 1. The van der Waals surface area contributed by atoms with Gasteiger partial charge in [-0.2, -0.15) is 0 Å². The average Bonchev–Trinajstić information content (AvgIpc) is 3.38. The standard InChI is InChI=1S/C8H15N3O2.C7H15NO.C6H12O.C3H6O2.CH3NO.CH2O2.CH4O/c1-11-4-2-3-6(11)8(13)10-5-7(9)12;1-3-5-6-7(9)8-4-2;1-6(2)4-3-5-7;1-2-3(4)5;2*2-1-3;1-2/h6H,2-5H2,1H3,(H2,9,12)(H,10,13);3-6H2,1-2H3,(H,8,9);5-6H,3-4H2,1-2H3;2H2,1H3,(H,4,5);1H,(H2,2,3);1H,(H,2,3);2H,1H3. The molecule has 1 heterocycles. The van der Waals surface area contributed by atoms with Crippen molar-refractivity contribution in [2.75, 3.05) is 33.8 Å². The average molecular weight is 612 g/mol. The number of hydrogen-bond donors (Lipinski definition) is 7. The molecule has 250 valence electrons. The zero-order valence-electron chi connectivity index (χ0n) is 26.5. The van der Waals surface area contributed by atoms with Gasteiger partial charge in [0.1, 0.15) is 6.29 Å². The fraction of sp³-hybridized carbons (Fsp3) is 0.741. The maximum atomic E-state index is 11.4. The van der Waals surface area contributed by atoms with Gasteiger partial charge in [0.25, 0.3) is 6.47 Å². The smallest absolute Gasteiger partial charge is 0.303 e. The number of rotatable bonds is 11. The van der Waals surface area contributed by atoms with Gasteiger partial charge in [-0.15, -0.1) is 0 Å². The van der Waals surface area contributed by atoms with Crippen LogP contribution in [0.3, 0.4) is 0 Å². The first-order valence-electron chi connectivity index (χ1n) is 13.7. The molecule has 0 aromatic carbocycles. The van der Waals surface area contributed by atoms with Crippen molar-refractivity contribution in [3.8, 4) is 0 Å². The quantitative estimate of drug-likeness (QED) is 0.158. The number of nitrogens with zero attached hydrogens (tertiary/aromatic N) is 1. The normalized spacial score (nSPS) is 12.3. The van der Waals surface area contributed by atoms with Crippen LogP contribution in [0, 0.1) is 5.92 Å². The Bertz CT molecular complexity index is 659. The molecule has 1 fully saturated rings. The molecule has 0 aliphatic carbocycles. The third-order valence-corrected chi connectivity index (χ3v) is 4.56. The number of unbranched alkanes of at least 4 members (excludes halogenated alkanes) is 1. The van der Waals surface area contributed by atoms with Crippen molar-refractivity contribution in [2.24, 2.45) is 17.4 Å². The maximum absolute atomic E-state index is 11.4. The van der Waals surface area contributed by atoms with Gasteiger partial charge in [-0.1, -0.05) is 34.1 Å². The molecule has 0 aromatic rings. The lowest BCUT2D eigenvalue weighted by Gasteiger charge is -2.17. The number of likely N-dealkylation sites (N-methyl/N-ethyl adjacent to an activating group) is 1. The highest BCUT2D eigenvalue weighted by Gasteiger charge is 2.27. The lowest BCUT2D eigenvalue weighted by molar-refractivity contribution is -0.136. The van der Waals surface area contributed by atoms with Gasteiger partial charge in [0, 0.05) is 32.9 Å². The second-order valence-corrected chi connectivity index (χ2v) is 8.51. The third kappa shape index (κ3) is 56.6. The summed E-state index contributed by atoms with van der Waals surface area (Å²) in [7, 11) is 2.90. The first-order chi connectivity index (χ1) is 19.8. The highest BCUT2D eigenvalue weighted by molar-refractivity contribution is 5.86. The Morgan fingerprint density at radius 3 is 1.79 bits per heavy atom. The first kappa shape index (κ1) is 51.2. The summed E-state index contributed by atoms with van der Waals surface area (Å²) in [6.07, 6.45) is 7.88. The van der Waals surface area contributed by atoms with Gasteiger partial charge >= 0.3 is 5.97 Å².